The van der Waals surface area contributed by atoms with Crippen molar-refractivity contribution in [1.82, 2.24) is 5.32 Å². The minimum atomic E-state index is -0.775. The summed E-state index contributed by atoms with van der Waals surface area (Å²) in [5.41, 5.74) is 1.51. The Morgan fingerprint density at radius 1 is 0.935 bits per heavy atom. The van der Waals surface area contributed by atoms with Crippen LogP contribution in [0, 0.1) is 0 Å². The lowest BCUT2D eigenvalue weighted by atomic mass is 9.74. The zero-order chi connectivity index (χ0) is 22.3. The highest BCUT2D eigenvalue weighted by Gasteiger charge is 2.35. The third kappa shape index (κ3) is 5.40. The van der Waals surface area contributed by atoms with Crippen molar-refractivity contribution in [3.05, 3.63) is 59.7 Å². The second-order valence-corrected chi connectivity index (χ2v) is 7.33. The third-order valence-electron chi connectivity index (χ3n) is 5.51. The Balaban J connectivity index is 1.63. The molecule has 1 fully saturated rings. The van der Waals surface area contributed by atoms with Gasteiger partial charge in [-0.1, -0.05) is 12.1 Å². The SMILES string of the molecule is COC(=O)c1ccc(NC(=O)C(=O)NCC2(c3ccc(OC)cc3)CCOCC2)cc1. The van der Waals surface area contributed by atoms with E-state index < -0.39 is 17.8 Å². The van der Waals surface area contributed by atoms with Gasteiger partial charge in [0.2, 0.25) is 0 Å². The molecule has 0 spiro atoms. The normalized spacial score (nSPS) is 14.9. The Bertz CT molecular complexity index is 918. The molecular formula is C23H26N2O6. The maximum atomic E-state index is 12.4. The van der Waals surface area contributed by atoms with Gasteiger partial charge < -0.3 is 24.8 Å². The molecule has 0 aliphatic carbocycles. The van der Waals surface area contributed by atoms with Gasteiger partial charge in [0.15, 0.2) is 0 Å². The first-order chi connectivity index (χ1) is 15.0. The molecule has 0 atom stereocenters. The molecular weight excluding hydrogens is 400 g/mol. The lowest BCUT2D eigenvalue weighted by Gasteiger charge is -2.38. The lowest BCUT2D eigenvalue weighted by Crippen LogP contribution is -2.47. The topological polar surface area (TPSA) is 103 Å². The Labute approximate surface area is 180 Å². The zero-order valence-corrected chi connectivity index (χ0v) is 17.6. The molecule has 2 amide bonds. The van der Waals surface area contributed by atoms with E-state index >= 15 is 0 Å². The minimum Gasteiger partial charge on any atom is -0.497 e. The van der Waals surface area contributed by atoms with Crippen LogP contribution in [-0.4, -0.2) is 51.8 Å². The maximum absolute atomic E-state index is 12.4. The molecule has 8 heteroatoms. The highest BCUT2D eigenvalue weighted by Crippen LogP contribution is 2.35. The molecule has 1 heterocycles. The van der Waals surface area contributed by atoms with Crippen molar-refractivity contribution in [2.24, 2.45) is 0 Å². The molecule has 2 aromatic carbocycles. The van der Waals surface area contributed by atoms with Crippen LogP contribution in [-0.2, 0) is 24.5 Å². The molecule has 0 radical (unpaired) electrons. The highest BCUT2D eigenvalue weighted by molar-refractivity contribution is 6.39. The van der Waals surface area contributed by atoms with Crippen LogP contribution >= 0.6 is 0 Å². The molecule has 0 bridgehead atoms. The first kappa shape index (κ1) is 22.3. The van der Waals surface area contributed by atoms with Crippen LogP contribution in [0.2, 0.25) is 0 Å². The summed E-state index contributed by atoms with van der Waals surface area (Å²) in [7, 11) is 2.90. The number of carbonyl (C=O) groups excluding carboxylic acids is 3. The average molecular weight is 426 g/mol. The van der Waals surface area contributed by atoms with Gasteiger partial charge in [-0.15, -0.1) is 0 Å². The molecule has 0 aromatic heterocycles. The summed E-state index contributed by atoms with van der Waals surface area (Å²) in [6, 6.07) is 13.8. The van der Waals surface area contributed by atoms with Crippen LogP contribution in [0.15, 0.2) is 48.5 Å². The Hall–Kier alpha value is -3.39. The molecule has 1 aliphatic rings. The highest BCUT2D eigenvalue weighted by atomic mass is 16.5. The molecule has 31 heavy (non-hydrogen) atoms. The van der Waals surface area contributed by atoms with Crippen molar-refractivity contribution in [2.75, 3.05) is 39.3 Å². The number of carbonyl (C=O) groups is 3. The molecule has 0 saturated carbocycles. The van der Waals surface area contributed by atoms with Gasteiger partial charge in [-0.3, -0.25) is 9.59 Å². The Kier molecular flexibility index (Phi) is 7.25. The average Bonchev–Trinajstić information content (AvgIpc) is 2.83. The van der Waals surface area contributed by atoms with Crippen LogP contribution in [0.1, 0.15) is 28.8 Å². The van der Waals surface area contributed by atoms with Crippen molar-refractivity contribution in [1.29, 1.82) is 0 Å². The predicted molar refractivity (Wildman–Crippen MR) is 114 cm³/mol. The first-order valence-electron chi connectivity index (χ1n) is 9.97. The van der Waals surface area contributed by atoms with Crippen LogP contribution < -0.4 is 15.4 Å². The lowest BCUT2D eigenvalue weighted by molar-refractivity contribution is -0.136. The Morgan fingerprint density at radius 2 is 1.58 bits per heavy atom. The van der Waals surface area contributed by atoms with Crippen molar-refractivity contribution in [3.8, 4) is 5.75 Å². The summed E-state index contributed by atoms with van der Waals surface area (Å²) >= 11 is 0. The van der Waals surface area contributed by atoms with Gasteiger partial charge in [-0.05, 0) is 54.8 Å². The van der Waals surface area contributed by atoms with E-state index in [9.17, 15) is 14.4 Å². The number of methoxy groups -OCH3 is 2. The minimum absolute atomic E-state index is 0.316. The van der Waals surface area contributed by atoms with Crippen LogP contribution in [0.3, 0.4) is 0 Å². The monoisotopic (exact) mass is 426 g/mol. The molecule has 2 aromatic rings. The van der Waals surface area contributed by atoms with E-state index in [0.717, 1.165) is 24.2 Å². The van der Waals surface area contributed by atoms with Gasteiger partial charge in [0.05, 0.1) is 19.8 Å². The number of anilines is 1. The van der Waals surface area contributed by atoms with Crippen molar-refractivity contribution in [3.63, 3.8) is 0 Å². The number of hydrogen-bond acceptors (Lipinski definition) is 6. The molecule has 2 N–H and O–H groups in total. The smallest absolute Gasteiger partial charge is 0.337 e. The fraction of sp³-hybridized carbons (Fsp3) is 0.348. The van der Waals surface area contributed by atoms with Gasteiger partial charge in [0.1, 0.15) is 5.75 Å². The maximum Gasteiger partial charge on any atom is 0.337 e. The van der Waals surface area contributed by atoms with Gasteiger partial charge in [0, 0.05) is 30.9 Å². The number of amides is 2. The molecule has 1 aliphatic heterocycles. The second kappa shape index (κ2) is 10.1. The summed E-state index contributed by atoms with van der Waals surface area (Å²) in [5, 5.41) is 5.30. The largest absolute Gasteiger partial charge is 0.497 e. The number of nitrogens with one attached hydrogen (secondary N) is 2. The summed E-state index contributed by atoms with van der Waals surface area (Å²) in [6.07, 6.45) is 1.46. The van der Waals surface area contributed by atoms with Crippen molar-refractivity contribution >= 4 is 23.5 Å². The summed E-state index contributed by atoms with van der Waals surface area (Å²) < 4.78 is 15.4. The van der Waals surface area contributed by atoms with E-state index in [2.05, 4.69) is 15.4 Å². The molecule has 3 rings (SSSR count). The molecule has 1 saturated heterocycles. The van der Waals surface area contributed by atoms with Gasteiger partial charge in [-0.2, -0.15) is 0 Å². The van der Waals surface area contributed by atoms with Gasteiger partial charge in [-0.25, -0.2) is 4.79 Å². The number of ether oxygens (including phenoxy) is 3. The Morgan fingerprint density at radius 3 is 2.16 bits per heavy atom. The summed E-state index contributed by atoms with van der Waals surface area (Å²) in [4.78, 5) is 36.2. The van der Waals surface area contributed by atoms with E-state index in [1.54, 1.807) is 7.11 Å². The second-order valence-electron chi connectivity index (χ2n) is 7.33. The predicted octanol–water partition coefficient (Wildman–Crippen LogP) is 2.28. The van der Waals surface area contributed by atoms with E-state index in [4.69, 9.17) is 9.47 Å². The van der Waals surface area contributed by atoms with Crippen LogP contribution in [0.4, 0.5) is 5.69 Å². The van der Waals surface area contributed by atoms with E-state index in [1.807, 2.05) is 24.3 Å². The van der Waals surface area contributed by atoms with Crippen molar-refractivity contribution in [2.45, 2.75) is 18.3 Å². The third-order valence-corrected chi connectivity index (χ3v) is 5.51. The number of esters is 1. The summed E-state index contributed by atoms with van der Waals surface area (Å²) in [5.74, 6) is -1.22. The molecule has 8 nitrogen and oxygen atoms in total. The number of rotatable bonds is 6. The number of hydrogen-bond donors (Lipinski definition) is 2. The molecule has 0 unspecified atom stereocenters. The van der Waals surface area contributed by atoms with Crippen LogP contribution in [0.25, 0.3) is 0 Å². The number of benzene rings is 2. The quantitative estimate of drug-likeness (QED) is 0.543. The zero-order valence-electron chi connectivity index (χ0n) is 17.6. The fourth-order valence-corrected chi connectivity index (χ4v) is 3.60. The van der Waals surface area contributed by atoms with Crippen LogP contribution in [0.5, 0.6) is 5.75 Å². The van der Waals surface area contributed by atoms with Gasteiger partial charge in [0.25, 0.3) is 0 Å². The van der Waals surface area contributed by atoms with E-state index in [-0.39, 0.29) is 5.41 Å². The van der Waals surface area contributed by atoms with Crippen molar-refractivity contribution < 1.29 is 28.6 Å². The fourth-order valence-electron chi connectivity index (χ4n) is 3.60. The standard InChI is InChI=1S/C23H26N2O6/c1-29-19-9-5-17(6-10-19)23(11-13-31-14-12-23)15-24-20(26)21(27)25-18-7-3-16(4-8-18)22(28)30-2/h3-10H,11-15H2,1-2H3,(H,24,26)(H,25,27). The molecule has 164 valence electrons. The first-order valence-corrected chi connectivity index (χ1v) is 9.97. The van der Waals surface area contributed by atoms with E-state index in [1.165, 1.54) is 31.4 Å². The van der Waals surface area contributed by atoms with E-state index in [0.29, 0.717) is 31.0 Å². The summed E-state index contributed by atoms with van der Waals surface area (Å²) in [6.45, 7) is 1.48. The van der Waals surface area contributed by atoms with Gasteiger partial charge >= 0.3 is 17.8 Å².